The van der Waals surface area contributed by atoms with Gasteiger partial charge in [-0.05, 0) is 76.0 Å². The molecular formula is C28H32FN3O4. The molecule has 190 valence electrons. The number of aliphatic hydroxyl groups is 1. The smallest absolute Gasteiger partial charge is 0.343 e. The van der Waals surface area contributed by atoms with Gasteiger partial charge < -0.3 is 19.3 Å². The molecule has 1 atom stereocenters. The lowest BCUT2D eigenvalue weighted by Gasteiger charge is -2.31. The largest absolute Gasteiger partial charge is 0.458 e. The number of pyridine rings is 2. The fraction of sp³-hybridized carbons (Fsp3) is 0.464. The Morgan fingerprint density at radius 3 is 2.69 bits per heavy atom. The summed E-state index contributed by atoms with van der Waals surface area (Å²) in [6, 6.07) is 5.01. The first kappa shape index (κ1) is 24.6. The van der Waals surface area contributed by atoms with Crippen LogP contribution in [-0.2, 0) is 34.7 Å². The molecule has 2 aliphatic heterocycles. The average Bonchev–Trinajstić information content (AvgIpc) is 3.21. The van der Waals surface area contributed by atoms with Crippen LogP contribution in [0.3, 0.4) is 0 Å². The van der Waals surface area contributed by atoms with Crippen molar-refractivity contribution >= 4 is 16.9 Å². The molecule has 4 heterocycles. The number of esters is 1. The van der Waals surface area contributed by atoms with Crippen molar-refractivity contribution < 1.29 is 19.0 Å². The summed E-state index contributed by atoms with van der Waals surface area (Å²) in [4.78, 5) is 33.1. The fourth-order valence-electron chi connectivity index (χ4n) is 5.60. The molecule has 2 aliphatic rings. The number of carbonyl (C=O) groups excluding carboxylic acids is 1. The third kappa shape index (κ3) is 3.74. The monoisotopic (exact) mass is 493 g/mol. The molecule has 0 saturated heterocycles. The van der Waals surface area contributed by atoms with E-state index in [0.29, 0.717) is 34.6 Å². The molecule has 3 aromatic rings. The number of aryl methyl sites for hydroxylation is 2. The van der Waals surface area contributed by atoms with Crippen LogP contribution in [0.1, 0.15) is 60.9 Å². The molecule has 5 rings (SSSR count). The molecule has 0 radical (unpaired) electrons. The molecule has 2 aromatic heterocycles. The first-order valence-electron chi connectivity index (χ1n) is 12.7. The van der Waals surface area contributed by atoms with Crippen molar-refractivity contribution in [2.45, 2.75) is 65.2 Å². The van der Waals surface area contributed by atoms with Crippen molar-refractivity contribution in [2.75, 3.05) is 20.1 Å². The summed E-state index contributed by atoms with van der Waals surface area (Å²) in [5.74, 6) is -1.08. The number of fused-ring (bicyclic) bond motifs is 5. The SMILES string of the molecule is CCCN(C)CCCc1c2c(nc3cc(F)c(C)cc13)-c1cc3c(c(=O)n1C2)COC(=O)[C@]3(O)CC. The van der Waals surface area contributed by atoms with Crippen LogP contribution < -0.4 is 5.56 Å². The second-order valence-corrected chi connectivity index (χ2v) is 10.0. The highest BCUT2D eigenvalue weighted by Crippen LogP contribution is 2.40. The van der Waals surface area contributed by atoms with E-state index in [1.54, 1.807) is 24.5 Å². The predicted octanol–water partition coefficient (Wildman–Crippen LogP) is 3.80. The normalized spacial score (nSPS) is 18.4. The van der Waals surface area contributed by atoms with Crippen molar-refractivity contribution in [3.8, 4) is 11.4 Å². The van der Waals surface area contributed by atoms with Crippen LogP contribution >= 0.6 is 0 Å². The number of hydrogen-bond acceptors (Lipinski definition) is 6. The van der Waals surface area contributed by atoms with E-state index in [1.807, 2.05) is 6.07 Å². The Morgan fingerprint density at radius 1 is 1.19 bits per heavy atom. The lowest BCUT2D eigenvalue weighted by Crippen LogP contribution is -2.44. The maximum Gasteiger partial charge on any atom is 0.343 e. The minimum absolute atomic E-state index is 0.0841. The lowest BCUT2D eigenvalue weighted by atomic mass is 9.86. The second-order valence-electron chi connectivity index (χ2n) is 10.0. The van der Waals surface area contributed by atoms with Gasteiger partial charge in [0.1, 0.15) is 12.4 Å². The Balaban J connectivity index is 1.69. The number of aromatic nitrogens is 2. The van der Waals surface area contributed by atoms with Crippen LogP contribution in [0.15, 0.2) is 23.0 Å². The minimum atomic E-state index is -1.88. The van der Waals surface area contributed by atoms with Gasteiger partial charge in [0.15, 0.2) is 5.60 Å². The molecule has 0 spiro atoms. The molecule has 0 unspecified atom stereocenters. The molecule has 0 amide bonds. The first-order valence-corrected chi connectivity index (χ1v) is 12.7. The number of halogens is 1. The van der Waals surface area contributed by atoms with Crippen molar-refractivity contribution in [2.24, 2.45) is 0 Å². The first-order chi connectivity index (χ1) is 17.2. The van der Waals surface area contributed by atoms with Gasteiger partial charge in [-0.1, -0.05) is 13.8 Å². The van der Waals surface area contributed by atoms with Gasteiger partial charge in [-0.15, -0.1) is 0 Å². The molecule has 0 fully saturated rings. The van der Waals surface area contributed by atoms with Crippen LogP contribution in [0.25, 0.3) is 22.3 Å². The van der Waals surface area contributed by atoms with Crippen molar-refractivity contribution in [3.05, 3.63) is 62.2 Å². The number of nitrogens with zero attached hydrogens (tertiary/aromatic N) is 3. The number of carbonyl (C=O) groups is 1. The summed E-state index contributed by atoms with van der Waals surface area (Å²) in [5, 5.41) is 12.0. The van der Waals surface area contributed by atoms with Gasteiger partial charge in [0.2, 0.25) is 0 Å². The van der Waals surface area contributed by atoms with Gasteiger partial charge in [-0.3, -0.25) is 4.79 Å². The van der Waals surface area contributed by atoms with Gasteiger partial charge in [0.25, 0.3) is 5.56 Å². The Bertz CT molecular complexity index is 1450. The quantitative estimate of drug-likeness (QED) is 0.394. The Kier molecular flexibility index (Phi) is 6.21. The summed E-state index contributed by atoms with van der Waals surface area (Å²) < 4.78 is 21.4. The van der Waals surface area contributed by atoms with E-state index in [0.717, 1.165) is 48.9 Å². The van der Waals surface area contributed by atoms with Crippen molar-refractivity contribution in [3.63, 3.8) is 0 Å². The number of rotatable bonds is 7. The van der Waals surface area contributed by atoms with E-state index in [4.69, 9.17) is 9.72 Å². The molecule has 0 bridgehead atoms. The number of benzene rings is 1. The third-order valence-electron chi connectivity index (χ3n) is 7.66. The molecule has 8 heteroatoms. The minimum Gasteiger partial charge on any atom is -0.458 e. The summed E-state index contributed by atoms with van der Waals surface area (Å²) in [6.45, 7) is 7.71. The van der Waals surface area contributed by atoms with Crippen LogP contribution in [0.2, 0.25) is 0 Å². The van der Waals surface area contributed by atoms with Crippen LogP contribution in [0.4, 0.5) is 4.39 Å². The molecule has 1 N–H and O–H groups in total. The molecular weight excluding hydrogens is 461 g/mol. The van der Waals surface area contributed by atoms with E-state index < -0.39 is 11.6 Å². The average molecular weight is 494 g/mol. The summed E-state index contributed by atoms with van der Waals surface area (Å²) in [6.07, 6.45) is 2.85. The Labute approximate surface area is 209 Å². The zero-order valence-electron chi connectivity index (χ0n) is 21.3. The number of ether oxygens (including phenoxy) is 1. The van der Waals surface area contributed by atoms with Gasteiger partial charge >= 0.3 is 5.97 Å². The van der Waals surface area contributed by atoms with E-state index in [2.05, 4.69) is 18.9 Å². The lowest BCUT2D eigenvalue weighted by molar-refractivity contribution is -0.172. The van der Waals surface area contributed by atoms with Crippen molar-refractivity contribution in [1.29, 1.82) is 0 Å². The van der Waals surface area contributed by atoms with E-state index in [9.17, 15) is 19.1 Å². The molecule has 0 saturated carbocycles. The zero-order chi connectivity index (χ0) is 25.8. The second kappa shape index (κ2) is 9.09. The highest BCUT2D eigenvalue weighted by atomic mass is 19.1. The Morgan fingerprint density at radius 2 is 1.97 bits per heavy atom. The molecule has 0 aliphatic carbocycles. The fourth-order valence-corrected chi connectivity index (χ4v) is 5.60. The predicted molar refractivity (Wildman–Crippen MR) is 135 cm³/mol. The zero-order valence-corrected chi connectivity index (χ0v) is 21.3. The van der Waals surface area contributed by atoms with E-state index >= 15 is 0 Å². The van der Waals surface area contributed by atoms with Crippen LogP contribution in [0, 0.1) is 12.7 Å². The maximum atomic E-state index is 14.6. The van der Waals surface area contributed by atoms with Gasteiger partial charge in [0.05, 0.1) is 29.0 Å². The van der Waals surface area contributed by atoms with Crippen molar-refractivity contribution in [1.82, 2.24) is 14.5 Å². The van der Waals surface area contributed by atoms with Crippen LogP contribution in [0.5, 0.6) is 0 Å². The maximum absolute atomic E-state index is 14.6. The number of cyclic esters (lactones) is 1. The third-order valence-corrected chi connectivity index (χ3v) is 7.66. The van der Waals surface area contributed by atoms with Gasteiger partial charge in [-0.25, -0.2) is 14.2 Å². The highest BCUT2D eigenvalue weighted by molar-refractivity contribution is 5.89. The topological polar surface area (TPSA) is 84.7 Å². The summed E-state index contributed by atoms with van der Waals surface area (Å²) in [5.41, 5.74) is 2.67. The van der Waals surface area contributed by atoms with E-state index in [1.165, 1.54) is 6.07 Å². The van der Waals surface area contributed by atoms with Gasteiger partial charge in [-0.2, -0.15) is 0 Å². The molecule has 7 nitrogen and oxygen atoms in total. The molecule has 1 aromatic carbocycles. The van der Waals surface area contributed by atoms with Crippen LogP contribution in [-0.4, -0.2) is 45.7 Å². The number of hydrogen-bond donors (Lipinski definition) is 1. The van der Waals surface area contributed by atoms with Gasteiger partial charge in [0, 0.05) is 22.6 Å². The highest BCUT2D eigenvalue weighted by Gasteiger charge is 2.45. The van der Waals surface area contributed by atoms with E-state index in [-0.39, 0.29) is 30.0 Å². The summed E-state index contributed by atoms with van der Waals surface area (Å²) in [7, 11) is 2.11. The molecule has 36 heavy (non-hydrogen) atoms. The Hall–Kier alpha value is -3.10. The summed E-state index contributed by atoms with van der Waals surface area (Å²) >= 11 is 0. The standard InChI is InChI=1S/C28H32FN3O4/c1-5-9-31(4)10-7-8-17-18-11-16(3)22(29)13-23(18)30-25-19(17)14-32-24(25)12-21-20(26(32)33)15-36-27(34)28(21,35)6-2/h11-13,35H,5-10,14-15H2,1-4H3/t28-/m0/s1.